The first-order chi connectivity index (χ1) is 10.2. The van der Waals surface area contributed by atoms with E-state index in [1.165, 1.54) is 16.9 Å². The molecule has 1 N–H and O–H groups in total. The second-order valence-corrected chi connectivity index (χ2v) is 7.24. The van der Waals surface area contributed by atoms with Crippen LogP contribution in [0.4, 0.5) is 0 Å². The molecule has 4 nitrogen and oxygen atoms in total. The highest BCUT2D eigenvalue weighted by atomic mass is 32.1. The van der Waals surface area contributed by atoms with Gasteiger partial charge in [-0.1, -0.05) is 0 Å². The summed E-state index contributed by atoms with van der Waals surface area (Å²) in [5, 5.41) is 0. The minimum absolute atomic E-state index is 0.208. The molecule has 110 valence electrons. The Morgan fingerprint density at radius 3 is 3.14 bits per heavy atom. The van der Waals surface area contributed by atoms with Crippen LogP contribution in [-0.2, 0) is 12.8 Å². The van der Waals surface area contributed by atoms with Crippen molar-refractivity contribution in [3.05, 3.63) is 39.1 Å². The zero-order valence-electron chi connectivity index (χ0n) is 12.2. The van der Waals surface area contributed by atoms with E-state index in [-0.39, 0.29) is 5.91 Å². The molecule has 1 aliphatic heterocycles. The summed E-state index contributed by atoms with van der Waals surface area (Å²) in [5.74, 6) is 1.59. The number of rotatable bonds is 2. The number of hydrogen-bond acceptors (Lipinski definition) is 3. The van der Waals surface area contributed by atoms with Crippen molar-refractivity contribution in [2.75, 3.05) is 13.1 Å². The second-order valence-electron chi connectivity index (χ2n) is 6.10. The van der Waals surface area contributed by atoms with Crippen LogP contribution in [-0.4, -0.2) is 33.9 Å². The fraction of sp³-hybridized carbons (Fsp3) is 0.500. The Labute approximate surface area is 128 Å². The predicted molar refractivity (Wildman–Crippen MR) is 82.9 cm³/mol. The summed E-state index contributed by atoms with van der Waals surface area (Å²) in [6.07, 6.45) is 6.42. The van der Waals surface area contributed by atoms with Crippen molar-refractivity contribution in [2.24, 2.45) is 0 Å². The molecule has 2 aromatic rings. The third-order valence-corrected chi connectivity index (χ3v) is 5.77. The van der Waals surface area contributed by atoms with Gasteiger partial charge in [0.05, 0.1) is 4.88 Å². The molecule has 1 fully saturated rings. The van der Waals surface area contributed by atoms with Crippen molar-refractivity contribution in [1.82, 2.24) is 14.9 Å². The zero-order chi connectivity index (χ0) is 14.4. The molecule has 1 amide bonds. The van der Waals surface area contributed by atoms with E-state index in [1.807, 2.05) is 18.0 Å². The third kappa shape index (κ3) is 2.29. The van der Waals surface area contributed by atoms with E-state index in [1.54, 1.807) is 11.3 Å². The molecule has 0 spiro atoms. The van der Waals surface area contributed by atoms with Gasteiger partial charge in [-0.3, -0.25) is 4.79 Å². The van der Waals surface area contributed by atoms with E-state index in [9.17, 15) is 4.79 Å². The highest BCUT2D eigenvalue weighted by molar-refractivity contribution is 7.14. The number of aromatic nitrogens is 2. The molecule has 1 aliphatic carbocycles. The van der Waals surface area contributed by atoms with Gasteiger partial charge in [-0.2, -0.15) is 0 Å². The van der Waals surface area contributed by atoms with Crippen molar-refractivity contribution in [1.29, 1.82) is 0 Å². The summed E-state index contributed by atoms with van der Waals surface area (Å²) in [7, 11) is 0. The summed E-state index contributed by atoms with van der Waals surface area (Å²) in [4.78, 5) is 24.7. The van der Waals surface area contributed by atoms with Gasteiger partial charge in [0, 0.05) is 35.8 Å². The van der Waals surface area contributed by atoms with Gasteiger partial charge in [-0.25, -0.2) is 4.98 Å². The van der Waals surface area contributed by atoms with Gasteiger partial charge >= 0.3 is 0 Å². The fourth-order valence-electron chi connectivity index (χ4n) is 3.40. The Kier molecular flexibility index (Phi) is 3.10. The van der Waals surface area contributed by atoms with Crippen molar-refractivity contribution < 1.29 is 4.79 Å². The van der Waals surface area contributed by atoms with Gasteiger partial charge in [-0.15, -0.1) is 11.3 Å². The minimum atomic E-state index is 0.208. The normalized spacial score (nSPS) is 21.0. The Hall–Kier alpha value is -1.62. The molecular weight excluding hydrogens is 282 g/mol. The smallest absolute Gasteiger partial charge is 0.263 e. The summed E-state index contributed by atoms with van der Waals surface area (Å²) in [6.45, 7) is 3.64. The quantitative estimate of drug-likeness (QED) is 0.927. The van der Waals surface area contributed by atoms with E-state index in [0.29, 0.717) is 5.92 Å². The molecule has 0 unspecified atom stereocenters. The molecule has 4 rings (SSSR count). The van der Waals surface area contributed by atoms with Crippen LogP contribution >= 0.6 is 11.3 Å². The number of likely N-dealkylation sites (tertiary alicyclic amines) is 1. The average molecular weight is 301 g/mol. The number of nitrogens with zero attached hydrogens (tertiary/aromatic N) is 2. The average Bonchev–Trinajstić information content (AvgIpc) is 3.20. The van der Waals surface area contributed by atoms with Crippen LogP contribution in [0, 0.1) is 6.92 Å². The van der Waals surface area contributed by atoms with Gasteiger partial charge in [0.15, 0.2) is 0 Å². The molecule has 0 saturated carbocycles. The standard InChI is InChI=1S/C16H19N3OS/c1-10-8-17-15(18-10)12-5-6-19(9-12)16(20)14-7-11-3-2-4-13(11)21-14/h7-8,12H,2-6,9H2,1H3,(H,17,18)/t12-/m0/s1. The summed E-state index contributed by atoms with van der Waals surface area (Å²) < 4.78 is 0. The van der Waals surface area contributed by atoms with Gasteiger partial charge in [0.2, 0.25) is 0 Å². The van der Waals surface area contributed by atoms with E-state index >= 15 is 0 Å². The lowest BCUT2D eigenvalue weighted by Crippen LogP contribution is -2.27. The number of H-pyrrole nitrogens is 1. The number of aryl methyl sites for hydroxylation is 3. The molecule has 1 saturated heterocycles. The summed E-state index contributed by atoms with van der Waals surface area (Å²) >= 11 is 1.70. The molecular formula is C16H19N3OS. The third-order valence-electron chi connectivity index (χ3n) is 4.54. The van der Waals surface area contributed by atoms with Crippen molar-refractivity contribution in [3.63, 3.8) is 0 Å². The maximum Gasteiger partial charge on any atom is 0.263 e. The monoisotopic (exact) mass is 301 g/mol. The number of carbonyl (C=O) groups excluding carboxylic acids is 1. The second kappa shape index (κ2) is 4.98. The number of thiophene rings is 1. The maximum atomic E-state index is 12.6. The molecule has 0 aromatic carbocycles. The zero-order valence-corrected chi connectivity index (χ0v) is 13.0. The van der Waals surface area contributed by atoms with Gasteiger partial charge in [0.1, 0.15) is 5.82 Å². The molecule has 5 heteroatoms. The largest absolute Gasteiger partial charge is 0.346 e. The molecule has 1 atom stereocenters. The maximum absolute atomic E-state index is 12.6. The van der Waals surface area contributed by atoms with E-state index in [0.717, 1.165) is 48.7 Å². The lowest BCUT2D eigenvalue weighted by atomic mass is 10.1. The molecule has 21 heavy (non-hydrogen) atoms. The topological polar surface area (TPSA) is 49.0 Å². The first kappa shape index (κ1) is 13.1. The Balaban J connectivity index is 1.48. The van der Waals surface area contributed by atoms with Crippen LogP contribution in [0.3, 0.4) is 0 Å². The van der Waals surface area contributed by atoms with E-state index in [2.05, 4.69) is 16.0 Å². The van der Waals surface area contributed by atoms with Crippen molar-refractivity contribution in [2.45, 2.75) is 38.5 Å². The lowest BCUT2D eigenvalue weighted by Gasteiger charge is -2.15. The van der Waals surface area contributed by atoms with Crippen LogP contribution in [0.15, 0.2) is 12.3 Å². The highest BCUT2D eigenvalue weighted by Gasteiger charge is 2.31. The van der Waals surface area contributed by atoms with E-state index in [4.69, 9.17) is 0 Å². The van der Waals surface area contributed by atoms with Gasteiger partial charge < -0.3 is 9.88 Å². The van der Waals surface area contributed by atoms with Crippen LogP contribution in [0.2, 0.25) is 0 Å². The molecule has 0 bridgehead atoms. The lowest BCUT2D eigenvalue weighted by molar-refractivity contribution is 0.0795. The fourth-order valence-corrected chi connectivity index (χ4v) is 4.62. The summed E-state index contributed by atoms with van der Waals surface area (Å²) in [6, 6.07) is 2.12. The van der Waals surface area contributed by atoms with Crippen LogP contribution in [0.5, 0.6) is 0 Å². The first-order valence-electron chi connectivity index (χ1n) is 7.63. The van der Waals surface area contributed by atoms with Crippen molar-refractivity contribution in [3.8, 4) is 0 Å². The van der Waals surface area contributed by atoms with Gasteiger partial charge in [0.25, 0.3) is 5.91 Å². The Bertz CT molecular complexity index is 666. The predicted octanol–water partition coefficient (Wildman–Crippen LogP) is 2.90. The van der Waals surface area contributed by atoms with Gasteiger partial charge in [-0.05, 0) is 44.2 Å². The number of nitrogens with one attached hydrogen (secondary N) is 1. The van der Waals surface area contributed by atoms with Crippen LogP contribution < -0.4 is 0 Å². The molecule has 2 aromatic heterocycles. The molecule has 2 aliphatic rings. The minimum Gasteiger partial charge on any atom is -0.346 e. The Morgan fingerprint density at radius 1 is 1.48 bits per heavy atom. The molecule has 0 radical (unpaired) electrons. The number of aromatic amines is 1. The van der Waals surface area contributed by atoms with Crippen molar-refractivity contribution >= 4 is 17.2 Å². The van der Waals surface area contributed by atoms with E-state index < -0.39 is 0 Å². The number of fused-ring (bicyclic) bond motifs is 1. The number of imidazole rings is 1. The highest BCUT2D eigenvalue weighted by Crippen LogP contribution is 2.33. The Morgan fingerprint density at radius 2 is 2.38 bits per heavy atom. The summed E-state index contributed by atoms with van der Waals surface area (Å²) in [5.41, 5.74) is 2.49. The van der Waals surface area contributed by atoms with Crippen LogP contribution in [0.1, 0.15) is 50.4 Å². The molecule has 3 heterocycles. The number of amides is 1. The number of carbonyl (C=O) groups is 1. The number of hydrogen-bond donors (Lipinski definition) is 1. The van der Waals surface area contributed by atoms with Crippen LogP contribution in [0.25, 0.3) is 0 Å². The SMILES string of the molecule is Cc1cnc([C@H]2CCN(C(=O)c3cc4c(s3)CCC4)C2)[nH]1. The first-order valence-corrected chi connectivity index (χ1v) is 8.45.